The number of nitrogens with zero attached hydrogens (tertiary/aromatic N) is 2. The zero-order valence-corrected chi connectivity index (χ0v) is 12.3. The summed E-state index contributed by atoms with van der Waals surface area (Å²) in [6.07, 6.45) is 4.49. The predicted molar refractivity (Wildman–Crippen MR) is 81.1 cm³/mol. The quantitative estimate of drug-likeness (QED) is 0.879. The minimum atomic E-state index is -0.215. The number of hydrogen-bond donors (Lipinski definition) is 1. The Morgan fingerprint density at radius 3 is 3.00 bits per heavy atom. The third kappa shape index (κ3) is 3.16. The van der Waals surface area contributed by atoms with Crippen molar-refractivity contribution in [2.45, 2.75) is 32.4 Å². The zero-order chi connectivity index (χ0) is 13.9. The van der Waals surface area contributed by atoms with Gasteiger partial charge in [-0.05, 0) is 38.0 Å². The van der Waals surface area contributed by atoms with E-state index in [0.29, 0.717) is 6.04 Å². The monoisotopic (exact) mass is 291 g/mol. The van der Waals surface area contributed by atoms with Gasteiger partial charge in [0.15, 0.2) is 5.13 Å². The third-order valence-corrected chi connectivity index (χ3v) is 4.37. The normalized spacial score (nSPS) is 14.5. The molecule has 1 aliphatic rings. The maximum atomic E-state index is 13.3. The second-order valence-corrected chi connectivity index (χ2v) is 6.08. The number of aromatic nitrogens is 1. The fourth-order valence-corrected chi connectivity index (χ4v) is 3.05. The molecular weight excluding hydrogens is 273 g/mol. The highest BCUT2D eigenvalue weighted by Gasteiger charge is 2.20. The van der Waals surface area contributed by atoms with Gasteiger partial charge in [0.05, 0.1) is 0 Å². The van der Waals surface area contributed by atoms with Crippen LogP contribution in [-0.4, -0.2) is 17.6 Å². The number of benzene rings is 1. The largest absolute Gasteiger partial charge is 0.318 e. The lowest BCUT2D eigenvalue weighted by Crippen LogP contribution is -2.15. The second kappa shape index (κ2) is 5.89. The average Bonchev–Trinajstić information content (AvgIpc) is 3.16. The molecule has 20 heavy (non-hydrogen) atoms. The molecular formula is C15H18FN3S. The summed E-state index contributed by atoms with van der Waals surface area (Å²) in [5.41, 5.74) is 0.851. The maximum absolute atomic E-state index is 13.3. The van der Waals surface area contributed by atoms with E-state index in [4.69, 9.17) is 0 Å². The van der Waals surface area contributed by atoms with E-state index in [2.05, 4.69) is 17.2 Å². The highest BCUT2D eigenvalue weighted by atomic mass is 32.1. The van der Waals surface area contributed by atoms with Crippen molar-refractivity contribution in [3.63, 3.8) is 0 Å². The van der Waals surface area contributed by atoms with Crippen LogP contribution in [0.5, 0.6) is 0 Å². The third-order valence-electron chi connectivity index (χ3n) is 3.35. The molecule has 0 bridgehead atoms. The zero-order valence-electron chi connectivity index (χ0n) is 11.5. The summed E-state index contributed by atoms with van der Waals surface area (Å²) < 4.78 is 13.3. The molecule has 1 N–H and O–H groups in total. The van der Waals surface area contributed by atoms with Crippen LogP contribution in [0.3, 0.4) is 0 Å². The van der Waals surface area contributed by atoms with Crippen molar-refractivity contribution < 1.29 is 4.39 Å². The van der Waals surface area contributed by atoms with Gasteiger partial charge in [0, 0.05) is 35.9 Å². The van der Waals surface area contributed by atoms with Gasteiger partial charge in [0.2, 0.25) is 0 Å². The lowest BCUT2D eigenvalue weighted by atomic mass is 10.3. The van der Waals surface area contributed by atoms with Crippen molar-refractivity contribution >= 4 is 22.2 Å². The first-order chi connectivity index (χ1) is 9.76. The highest BCUT2D eigenvalue weighted by Crippen LogP contribution is 2.30. The van der Waals surface area contributed by atoms with Gasteiger partial charge in [-0.2, -0.15) is 0 Å². The van der Waals surface area contributed by atoms with Crippen LogP contribution in [0.2, 0.25) is 0 Å². The highest BCUT2D eigenvalue weighted by molar-refractivity contribution is 7.15. The van der Waals surface area contributed by atoms with Gasteiger partial charge in [-0.25, -0.2) is 9.37 Å². The summed E-state index contributed by atoms with van der Waals surface area (Å²) in [5.74, 6) is -0.215. The average molecular weight is 291 g/mol. The first kappa shape index (κ1) is 13.5. The van der Waals surface area contributed by atoms with Crippen LogP contribution in [0, 0.1) is 5.82 Å². The number of hydrogen-bond acceptors (Lipinski definition) is 4. The van der Waals surface area contributed by atoms with Crippen LogP contribution in [0.25, 0.3) is 0 Å². The van der Waals surface area contributed by atoms with Crippen LogP contribution in [0.15, 0.2) is 30.5 Å². The molecule has 1 saturated carbocycles. The van der Waals surface area contributed by atoms with Crippen molar-refractivity contribution in [3.8, 4) is 0 Å². The minimum absolute atomic E-state index is 0.215. The summed E-state index contributed by atoms with van der Waals surface area (Å²) in [4.78, 5) is 7.73. The van der Waals surface area contributed by atoms with Crippen molar-refractivity contribution in [1.82, 2.24) is 10.3 Å². The molecule has 1 aliphatic carbocycles. The Morgan fingerprint density at radius 1 is 1.45 bits per heavy atom. The molecule has 0 radical (unpaired) electrons. The summed E-state index contributed by atoms with van der Waals surface area (Å²) in [7, 11) is 0. The molecule has 1 fully saturated rings. The molecule has 0 amide bonds. The number of nitrogens with one attached hydrogen (secondary N) is 1. The van der Waals surface area contributed by atoms with Crippen molar-refractivity contribution in [3.05, 3.63) is 41.2 Å². The SMILES string of the molecule is CCN(c1cccc(F)c1)c1ncc(CNC2CC2)s1. The molecule has 0 atom stereocenters. The Balaban J connectivity index is 1.74. The molecule has 1 heterocycles. The fourth-order valence-electron chi connectivity index (χ4n) is 2.11. The van der Waals surface area contributed by atoms with Crippen LogP contribution in [-0.2, 0) is 6.54 Å². The number of anilines is 2. The van der Waals surface area contributed by atoms with Crippen LogP contribution in [0.4, 0.5) is 15.2 Å². The Bertz CT molecular complexity index is 580. The maximum Gasteiger partial charge on any atom is 0.190 e. The molecule has 0 aliphatic heterocycles. The number of rotatable bonds is 6. The van der Waals surface area contributed by atoms with Gasteiger partial charge in [0.25, 0.3) is 0 Å². The number of halogens is 1. The van der Waals surface area contributed by atoms with Gasteiger partial charge < -0.3 is 10.2 Å². The second-order valence-electron chi connectivity index (χ2n) is 4.99. The molecule has 1 aromatic heterocycles. The molecule has 1 aromatic carbocycles. The van der Waals surface area contributed by atoms with Crippen molar-refractivity contribution in [2.24, 2.45) is 0 Å². The van der Waals surface area contributed by atoms with E-state index in [9.17, 15) is 4.39 Å². The first-order valence-corrected chi connectivity index (χ1v) is 7.79. The van der Waals surface area contributed by atoms with Gasteiger partial charge in [-0.15, -0.1) is 11.3 Å². The van der Waals surface area contributed by atoms with E-state index >= 15 is 0 Å². The summed E-state index contributed by atoms with van der Waals surface area (Å²) in [6, 6.07) is 7.36. The summed E-state index contributed by atoms with van der Waals surface area (Å²) >= 11 is 1.67. The van der Waals surface area contributed by atoms with E-state index in [1.165, 1.54) is 23.8 Å². The summed E-state index contributed by atoms with van der Waals surface area (Å²) in [6.45, 7) is 3.70. The topological polar surface area (TPSA) is 28.2 Å². The number of thiazole rings is 1. The molecule has 3 nitrogen and oxygen atoms in total. The fraction of sp³-hybridized carbons (Fsp3) is 0.400. The first-order valence-electron chi connectivity index (χ1n) is 6.97. The Hall–Kier alpha value is -1.46. The molecule has 106 valence electrons. The van der Waals surface area contributed by atoms with Gasteiger partial charge >= 0.3 is 0 Å². The standard InChI is InChI=1S/C15H18FN3S/c1-2-19(13-5-3-4-11(16)8-13)15-18-10-14(20-15)9-17-12-6-7-12/h3-5,8,10,12,17H,2,6-7,9H2,1H3. The van der Waals surface area contributed by atoms with Crippen LogP contribution in [0.1, 0.15) is 24.6 Å². The Kier molecular flexibility index (Phi) is 3.98. The van der Waals surface area contributed by atoms with E-state index < -0.39 is 0 Å². The molecule has 5 heteroatoms. The van der Waals surface area contributed by atoms with Crippen LogP contribution < -0.4 is 10.2 Å². The molecule has 0 unspecified atom stereocenters. The van der Waals surface area contributed by atoms with Gasteiger partial charge in [-0.3, -0.25) is 0 Å². The smallest absolute Gasteiger partial charge is 0.190 e. The lowest BCUT2D eigenvalue weighted by Gasteiger charge is -2.19. The van der Waals surface area contributed by atoms with E-state index in [0.717, 1.165) is 23.9 Å². The molecule has 0 saturated heterocycles. The van der Waals surface area contributed by atoms with Crippen molar-refractivity contribution in [2.75, 3.05) is 11.4 Å². The Morgan fingerprint density at radius 2 is 2.30 bits per heavy atom. The van der Waals surface area contributed by atoms with E-state index in [1.807, 2.05) is 17.2 Å². The van der Waals surface area contributed by atoms with E-state index in [-0.39, 0.29) is 5.82 Å². The van der Waals surface area contributed by atoms with Gasteiger partial charge in [0.1, 0.15) is 5.82 Å². The summed E-state index contributed by atoms with van der Waals surface area (Å²) in [5, 5.41) is 4.41. The van der Waals surface area contributed by atoms with Crippen molar-refractivity contribution in [1.29, 1.82) is 0 Å². The molecule has 3 rings (SSSR count). The van der Waals surface area contributed by atoms with Crippen LogP contribution >= 0.6 is 11.3 Å². The minimum Gasteiger partial charge on any atom is -0.318 e. The van der Waals surface area contributed by atoms with E-state index in [1.54, 1.807) is 23.5 Å². The Labute approximate surface area is 122 Å². The molecule has 2 aromatic rings. The molecule has 0 spiro atoms. The predicted octanol–water partition coefficient (Wildman–Crippen LogP) is 3.69. The van der Waals surface area contributed by atoms with Gasteiger partial charge in [-0.1, -0.05) is 6.07 Å². The lowest BCUT2D eigenvalue weighted by molar-refractivity contribution is 0.627.